The second kappa shape index (κ2) is 8.20. The van der Waals surface area contributed by atoms with Crippen molar-refractivity contribution in [2.75, 3.05) is 5.32 Å². The van der Waals surface area contributed by atoms with Gasteiger partial charge in [-0.15, -0.1) is 11.3 Å². The maximum Gasteiger partial charge on any atom is 0.274 e. The molecule has 4 heterocycles. The van der Waals surface area contributed by atoms with Gasteiger partial charge in [0.05, 0.1) is 5.69 Å². The van der Waals surface area contributed by atoms with Crippen molar-refractivity contribution in [3.63, 3.8) is 0 Å². The fourth-order valence-corrected chi connectivity index (χ4v) is 4.91. The number of carbonyl (C=O) groups excluding carboxylic acids is 1. The Morgan fingerprint density at radius 2 is 2.03 bits per heavy atom. The van der Waals surface area contributed by atoms with Crippen LogP contribution in [0, 0.1) is 0 Å². The summed E-state index contributed by atoms with van der Waals surface area (Å²) < 4.78 is 1.94. The monoisotopic (exact) mass is 415 g/mol. The number of fused-ring (bicyclic) bond motifs is 1. The summed E-state index contributed by atoms with van der Waals surface area (Å²) in [5.41, 5.74) is 3.92. The van der Waals surface area contributed by atoms with E-state index in [0.717, 1.165) is 36.2 Å². The summed E-state index contributed by atoms with van der Waals surface area (Å²) in [5.74, 6) is 0.253. The third kappa shape index (κ3) is 3.89. The van der Waals surface area contributed by atoms with Gasteiger partial charge in [0.2, 0.25) is 0 Å². The van der Waals surface area contributed by atoms with Gasteiger partial charge in [0, 0.05) is 47.8 Å². The lowest BCUT2D eigenvalue weighted by Gasteiger charge is -2.20. The molecule has 0 bridgehead atoms. The highest BCUT2D eigenvalue weighted by molar-refractivity contribution is 7.15. The molecule has 0 fully saturated rings. The van der Waals surface area contributed by atoms with Crippen LogP contribution < -0.4 is 5.32 Å². The van der Waals surface area contributed by atoms with Crippen LogP contribution in [0.5, 0.6) is 0 Å². The van der Waals surface area contributed by atoms with Gasteiger partial charge in [0.1, 0.15) is 5.69 Å². The predicted octanol–water partition coefficient (Wildman–Crippen LogP) is 4.31. The maximum absolute atomic E-state index is 12.9. The number of aromatic nitrogens is 4. The smallest absolute Gasteiger partial charge is 0.274 e. The maximum atomic E-state index is 12.9. The molecule has 0 saturated heterocycles. The molecule has 4 aromatic heterocycles. The van der Waals surface area contributed by atoms with Crippen LogP contribution in [-0.4, -0.2) is 25.4 Å². The molecule has 5 rings (SSSR count). The summed E-state index contributed by atoms with van der Waals surface area (Å²) >= 11 is 1.59. The van der Waals surface area contributed by atoms with E-state index >= 15 is 0 Å². The van der Waals surface area contributed by atoms with Gasteiger partial charge in [-0.2, -0.15) is 0 Å². The zero-order chi connectivity index (χ0) is 20.3. The number of thiazole rings is 1. The Labute approximate surface area is 178 Å². The van der Waals surface area contributed by atoms with Crippen molar-refractivity contribution in [2.24, 2.45) is 0 Å². The molecule has 6 nitrogen and oxygen atoms in total. The minimum Gasteiger partial charge on any atom is -0.339 e. The molecule has 7 heteroatoms. The second-order valence-corrected chi connectivity index (χ2v) is 8.50. The molecule has 150 valence electrons. The topological polar surface area (TPSA) is 72.7 Å². The summed E-state index contributed by atoms with van der Waals surface area (Å²) in [6.45, 7) is 0.623. The van der Waals surface area contributed by atoms with Crippen LogP contribution in [-0.2, 0) is 19.4 Å². The molecule has 4 aromatic rings. The highest BCUT2D eigenvalue weighted by atomic mass is 32.1. The van der Waals surface area contributed by atoms with Gasteiger partial charge >= 0.3 is 0 Å². The first-order valence-electron chi connectivity index (χ1n) is 10.0. The van der Waals surface area contributed by atoms with Gasteiger partial charge < -0.3 is 4.57 Å². The van der Waals surface area contributed by atoms with Gasteiger partial charge in [-0.05, 0) is 61.2 Å². The highest BCUT2D eigenvalue weighted by Crippen LogP contribution is 2.36. The number of carbonyl (C=O) groups is 1. The summed E-state index contributed by atoms with van der Waals surface area (Å²) in [7, 11) is 0. The Bertz CT molecular complexity index is 1150. The lowest BCUT2D eigenvalue weighted by molar-refractivity contribution is 0.101. The first kappa shape index (κ1) is 18.7. The van der Waals surface area contributed by atoms with Crippen molar-refractivity contribution in [2.45, 2.75) is 31.7 Å². The third-order valence-electron chi connectivity index (χ3n) is 5.43. The molecule has 0 saturated carbocycles. The van der Waals surface area contributed by atoms with Crippen molar-refractivity contribution in [1.82, 2.24) is 19.5 Å². The largest absolute Gasteiger partial charge is 0.339 e. The van der Waals surface area contributed by atoms with Crippen LogP contribution in [0.4, 0.5) is 5.13 Å². The minimum absolute atomic E-state index is 0.138. The van der Waals surface area contributed by atoms with Gasteiger partial charge in [0.25, 0.3) is 5.91 Å². The molecule has 1 aliphatic carbocycles. The summed E-state index contributed by atoms with van der Waals surface area (Å²) in [6.07, 6.45) is 10.2. The van der Waals surface area contributed by atoms with Crippen LogP contribution in [0.15, 0.2) is 67.3 Å². The first-order chi connectivity index (χ1) is 14.8. The average Bonchev–Trinajstić information content (AvgIpc) is 3.41. The lowest BCUT2D eigenvalue weighted by Crippen LogP contribution is -2.17. The molecule has 1 amide bonds. The Balaban J connectivity index is 1.29. The fraction of sp³-hybridized carbons (Fsp3) is 0.217. The molecule has 0 spiro atoms. The molecule has 0 radical (unpaired) electrons. The van der Waals surface area contributed by atoms with Crippen molar-refractivity contribution in [1.29, 1.82) is 0 Å². The molecule has 1 N–H and O–H groups in total. The Morgan fingerprint density at radius 1 is 1.13 bits per heavy atom. The number of rotatable bonds is 5. The Kier molecular flexibility index (Phi) is 5.11. The number of anilines is 1. The normalized spacial score (nSPS) is 15.5. The summed E-state index contributed by atoms with van der Waals surface area (Å²) in [4.78, 5) is 27.4. The Hall–Kier alpha value is -3.32. The number of aryl methyl sites for hydroxylation is 1. The fourth-order valence-electron chi connectivity index (χ4n) is 3.91. The van der Waals surface area contributed by atoms with Crippen molar-refractivity contribution in [3.8, 4) is 0 Å². The van der Waals surface area contributed by atoms with E-state index in [1.54, 1.807) is 23.7 Å². The average molecular weight is 416 g/mol. The molecule has 30 heavy (non-hydrogen) atoms. The van der Waals surface area contributed by atoms with E-state index in [4.69, 9.17) is 4.98 Å². The Morgan fingerprint density at radius 3 is 2.87 bits per heavy atom. The van der Waals surface area contributed by atoms with Gasteiger partial charge in [-0.25, -0.2) is 4.98 Å². The lowest BCUT2D eigenvalue weighted by atomic mass is 9.88. The molecular weight excluding hydrogens is 394 g/mol. The molecule has 0 aliphatic heterocycles. The number of hydrogen-bond donors (Lipinski definition) is 1. The number of nitrogens with one attached hydrogen (secondary N) is 1. The van der Waals surface area contributed by atoms with Crippen LogP contribution in [0.3, 0.4) is 0 Å². The number of hydrogen-bond acceptors (Lipinski definition) is 5. The molecule has 1 unspecified atom stereocenters. The SMILES string of the molecule is O=C(Nc1nc2c(s1)CCC(c1ccccn1)C2)c1cccn1Cc1ccncc1. The van der Waals surface area contributed by atoms with E-state index in [2.05, 4.69) is 21.4 Å². The molecule has 1 atom stereocenters. The van der Waals surface area contributed by atoms with Crippen LogP contribution in [0.2, 0.25) is 0 Å². The third-order valence-corrected chi connectivity index (χ3v) is 6.50. The zero-order valence-electron chi connectivity index (χ0n) is 16.4. The van der Waals surface area contributed by atoms with E-state index in [0.29, 0.717) is 23.3 Å². The van der Waals surface area contributed by atoms with E-state index in [9.17, 15) is 4.79 Å². The zero-order valence-corrected chi connectivity index (χ0v) is 17.2. The molecule has 1 aliphatic rings. The van der Waals surface area contributed by atoms with Gasteiger partial charge in [0.15, 0.2) is 5.13 Å². The number of pyridine rings is 2. The van der Waals surface area contributed by atoms with E-state index in [-0.39, 0.29) is 5.91 Å². The van der Waals surface area contributed by atoms with Crippen molar-refractivity contribution < 1.29 is 4.79 Å². The predicted molar refractivity (Wildman–Crippen MR) is 117 cm³/mol. The molecular formula is C23H21N5OS. The molecule has 0 aromatic carbocycles. The van der Waals surface area contributed by atoms with Crippen LogP contribution >= 0.6 is 11.3 Å². The number of amides is 1. The van der Waals surface area contributed by atoms with Crippen LogP contribution in [0.25, 0.3) is 0 Å². The van der Waals surface area contributed by atoms with E-state index < -0.39 is 0 Å². The summed E-state index contributed by atoms with van der Waals surface area (Å²) in [6, 6.07) is 13.7. The van der Waals surface area contributed by atoms with Crippen molar-refractivity contribution >= 4 is 22.4 Å². The highest BCUT2D eigenvalue weighted by Gasteiger charge is 2.25. The van der Waals surface area contributed by atoms with Crippen molar-refractivity contribution in [3.05, 3.63) is 94.8 Å². The van der Waals surface area contributed by atoms with E-state index in [1.807, 2.05) is 53.4 Å². The standard InChI is InChI=1S/C23H21N5OS/c29-22(20-5-3-13-28(20)15-16-8-11-24-12-9-16)27-23-26-19-14-17(6-7-21(19)30-23)18-4-1-2-10-25-18/h1-5,8-13,17H,6-7,14-15H2,(H,26,27,29). The van der Waals surface area contributed by atoms with E-state index in [1.165, 1.54) is 4.88 Å². The minimum atomic E-state index is -0.138. The first-order valence-corrected chi connectivity index (χ1v) is 10.8. The number of nitrogens with zero attached hydrogens (tertiary/aromatic N) is 4. The van der Waals surface area contributed by atoms with Crippen LogP contribution in [0.1, 0.15) is 44.7 Å². The summed E-state index contributed by atoms with van der Waals surface area (Å²) in [5, 5.41) is 3.67. The van der Waals surface area contributed by atoms with Gasteiger partial charge in [-0.3, -0.25) is 20.1 Å². The van der Waals surface area contributed by atoms with Gasteiger partial charge in [-0.1, -0.05) is 6.07 Å². The second-order valence-electron chi connectivity index (χ2n) is 7.41. The quantitative estimate of drug-likeness (QED) is 0.527.